The number of aliphatic imine (C=N–C) groups is 1. The lowest BCUT2D eigenvalue weighted by Crippen LogP contribution is -2.49. The molecule has 2 aliphatic rings. The normalized spacial score (nSPS) is 25.1. The Morgan fingerprint density at radius 1 is 1.29 bits per heavy atom. The van der Waals surface area contributed by atoms with Crippen molar-refractivity contribution in [3.63, 3.8) is 0 Å². The molecule has 0 bridgehead atoms. The van der Waals surface area contributed by atoms with Gasteiger partial charge in [-0.25, -0.2) is 19.9 Å². The molecule has 0 saturated carbocycles. The second-order valence-electron chi connectivity index (χ2n) is 5.07. The predicted octanol–water partition coefficient (Wildman–Crippen LogP) is 0.862. The van der Waals surface area contributed by atoms with Crippen LogP contribution in [0.5, 0.6) is 0 Å². The van der Waals surface area contributed by atoms with Crippen LogP contribution in [0.3, 0.4) is 0 Å². The molecule has 0 radical (unpaired) electrons. The Bertz CT molecular complexity index is 479. The van der Waals surface area contributed by atoms with Crippen LogP contribution in [-0.2, 0) is 0 Å². The standard InChI is InChI=1S/C9H13N5O3/c1-8(2)5(10)11-6-9(3,4)13(14(16)17)7(15)12(6)8/h10H,1-4H3. The maximum atomic E-state index is 12.0. The lowest BCUT2D eigenvalue weighted by molar-refractivity contribution is -0.643. The molecule has 1 fully saturated rings. The third-order valence-corrected chi connectivity index (χ3v) is 3.18. The summed E-state index contributed by atoms with van der Waals surface area (Å²) >= 11 is 0. The third kappa shape index (κ3) is 1.15. The van der Waals surface area contributed by atoms with Gasteiger partial charge in [0.05, 0.1) is 0 Å². The SMILES string of the molecule is CC1(C)C(=N)N=C2N1C(=O)N([N+](=O)[O-])C2(C)C. The zero-order chi connectivity index (χ0) is 13.2. The number of carbonyl (C=O) groups is 1. The van der Waals surface area contributed by atoms with Crippen LogP contribution in [-0.4, -0.2) is 43.7 Å². The summed E-state index contributed by atoms with van der Waals surface area (Å²) in [6, 6.07) is -0.744. The molecule has 2 rings (SSSR count). The van der Waals surface area contributed by atoms with Crippen molar-refractivity contribution in [2.75, 3.05) is 0 Å². The summed E-state index contributed by atoms with van der Waals surface area (Å²) in [5.74, 6) is 0.297. The number of amides is 2. The fraction of sp³-hybridized carbons (Fsp3) is 0.667. The van der Waals surface area contributed by atoms with Crippen LogP contribution in [0, 0.1) is 15.5 Å². The van der Waals surface area contributed by atoms with E-state index in [2.05, 4.69) is 4.99 Å². The van der Waals surface area contributed by atoms with Crippen molar-refractivity contribution < 1.29 is 9.83 Å². The first-order chi connectivity index (χ1) is 7.61. The summed E-state index contributed by atoms with van der Waals surface area (Å²) < 4.78 is 0. The van der Waals surface area contributed by atoms with Gasteiger partial charge in [0.2, 0.25) is 0 Å². The van der Waals surface area contributed by atoms with Crippen LogP contribution in [0.2, 0.25) is 0 Å². The van der Waals surface area contributed by atoms with Crippen molar-refractivity contribution in [2.45, 2.75) is 38.8 Å². The Kier molecular flexibility index (Phi) is 1.91. The molecule has 2 aliphatic heterocycles. The first-order valence-corrected chi connectivity index (χ1v) is 5.08. The number of nitrogens with one attached hydrogen (secondary N) is 1. The summed E-state index contributed by atoms with van der Waals surface area (Å²) in [6.07, 6.45) is 0. The van der Waals surface area contributed by atoms with Gasteiger partial charge in [-0.1, -0.05) is 0 Å². The molecule has 1 saturated heterocycles. The number of carbonyl (C=O) groups excluding carboxylic acids is 1. The lowest BCUT2D eigenvalue weighted by atomic mass is 10.0. The summed E-state index contributed by atoms with van der Waals surface area (Å²) in [5.41, 5.74) is -2.07. The zero-order valence-corrected chi connectivity index (χ0v) is 10.0. The Morgan fingerprint density at radius 3 is 2.24 bits per heavy atom. The smallest absolute Gasteiger partial charge is 0.285 e. The van der Waals surface area contributed by atoms with Crippen molar-refractivity contribution >= 4 is 17.7 Å². The molecular formula is C9H13N5O3. The molecule has 8 heteroatoms. The molecule has 0 unspecified atom stereocenters. The summed E-state index contributed by atoms with van der Waals surface area (Å²) in [5, 5.41) is 18.5. The molecule has 0 spiro atoms. The summed E-state index contributed by atoms with van der Waals surface area (Å²) in [7, 11) is 0. The lowest BCUT2D eigenvalue weighted by Gasteiger charge is -2.26. The number of hydrogen-bond acceptors (Lipinski definition) is 4. The number of amidine groups is 2. The molecule has 8 nitrogen and oxygen atoms in total. The van der Waals surface area contributed by atoms with E-state index >= 15 is 0 Å². The van der Waals surface area contributed by atoms with Gasteiger partial charge in [0.15, 0.2) is 10.6 Å². The maximum absolute atomic E-state index is 12.0. The van der Waals surface area contributed by atoms with E-state index in [1.54, 1.807) is 27.7 Å². The number of nitrogens with zero attached hydrogens (tertiary/aromatic N) is 4. The Morgan fingerprint density at radius 2 is 1.82 bits per heavy atom. The largest absolute Gasteiger partial charge is 0.385 e. The van der Waals surface area contributed by atoms with Crippen LogP contribution in [0.1, 0.15) is 27.7 Å². The van der Waals surface area contributed by atoms with Gasteiger partial charge in [0.25, 0.3) is 0 Å². The van der Waals surface area contributed by atoms with Gasteiger partial charge in [0.1, 0.15) is 17.2 Å². The molecule has 17 heavy (non-hydrogen) atoms. The number of hydrogen-bond donors (Lipinski definition) is 1. The summed E-state index contributed by atoms with van der Waals surface area (Å²) in [4.78, 5) is 28.2. The topological polar surface area (TPSA) is 103 Å². The average molecular weight is 239 g/mol. The highest BCUT2D eigenvalue weighted by Crippen LogP contribution is 2.38. The Hall–Kier alpha value is -1.99. The van der Waals surface area contributed by atoms with Crippen molar-refractivity contribution in [1.29, 1.82) is 5.41 Å². The molecule has 2 heterocycles. The highest BCUT2D eigenvalue weighted by Gasteiger charge is 2.63. The molecule has 0 atom stereocenters. The van der Waals surface area contributed by atoms with Gasteiger partial charge < -0.3 is 0 Å². The van der Waals surface area contributed by atoms with E-state index in [1.165, 1.54) is 4.90 Å². The molecule has 2 amide bonds. The van der Waals surface area contributed by atoms with Crippen LogP contribution >= 0.6 is 0 Å². The van der Waals surface area contributed by atoms with E-state index in [0.717, 1.165) is 0 Å². The van der Waals surface area contributed by atoms with Crippen molar-refractivity contribution in [2.24, 2.45) is 4.99 Å². The zero-order valence-electron chi connectivity index (χ0n) is 10.0. The molecular weight excluding hydrogens is 226 g/mol. The molecule has 92 valence electrons. The van der Waals surface area contributed by atoms with Gasteiger partial charge in [-0.2, -0.15) is 0 Å². The Balaban J connectivity index is 2.61. The fourth-order valence-corrected chi connectivity index (χ4v) is 2.11. The minimum Gasteiger partial charge on any atom is -0.285 e. The van der Waals surface area contributed by atoms with E-state index in [9.17, 15) is 14.9 Å². The van der Waals surface area contributed by atoms with Gasteiger partial charge in [-0.3, -0.25) is 10.3 Å². The highest BCUT2D eigenvalue weighted by atomic mass is 16.7. The number of urea groups is 1. The van der Waals surface area contributed by atoms with E-state index in [1.807, 2.05) is 0 Å². The third-order valence-electron chi connectivity index (χ3n) is 3.18. The maximum Gasteiger partial charge on any atom is 0.385 e. The van der Waals surface area contributed by atoms with Crippen molar-refractivity contribution in [1.82, 2.24) is 9.91 Å². The minimum atomic E-state index is -1.14. The number of nitro groups is 1. The molecule has 0 aliphatic carbocycles. The average Bonchev–Trinajstić information content (AvgIpc) is 2.47. The van der Waals surface area contributed by atoms with Crippen LogP contribution in [0.25, 0.3) is 0 Å². The molecule has 1 N–H and O–H groups in total. The number of fused-ring (bicyclic) bond motifs is 1. The first kappa shape index (κ1) is 11.5. The quantitative estimate of drug-likeness (QED) is 0.542. The van der Waals surface area contributed by atoms with E-state index in [4.69, 9.17) is 5.41 Å². The number of rotatable bonds is 1. The molecule has 0 aromatic rings. The van der Waals surface area contributed by atoms with Gasteiger partial charge in [-0.15, -0.1) is 0 Å². The second-order valence-corrected chi connectivity index (χ2v) is 5.07. The first-order valence-electron chi connectivity index (χ1n) is 5.08. The highest BCUT2D eigenvalue weighted by molar-refractivity contribution is 6.20. The second kappa shape index (κ2) is 2.82. The number of hydrazine groups is 1. The molecule has 0 aromatic heterocycles. The van der Waals surface area contributed by atoms with E-state index in [-0.39, 0.29) is 11.7 Å². The van der Waals surface area contributed by atoms with Gasteiger partial charge in [0, 0.05) is 0 Å². The van der Waals surface area contributed by atoms with Crippen molar-refractivity contribution in [3.8, 4) is 0 Å². The van der Waals surface area contributed by atoms with Crippen LogP contribution in [0.15, 0.2) is 4.99 Å². The van der Waals surface area contributed by atoms with Gasteiger partial charge >= 0.3 is 6.03 Å². The van der Waals surface area contributed by atoms with Gasteiger partial charge in [-0.05, 0) is 32.7 Å². The van der Waals surface area contributed by atoms with Crippen LogP contribution < -0.4 is 0 Å². The fourth-order valence-electron chi connectivity index (χ4n) is 2.11. The monoisotopic (exact) mass is 239 g/mol. The Labute approximate surface area is 97.5 Å². The molecule has 0 aromatic carbocycles. The minimum absolute atomic E-state index is 0.0388. The van der Waals surface area contributed by atoms with Crippen molar-refractivity contribution in [3.05, 3.63) is 10.1 Å². The van der Waals surface area contributed by atoms with E-state index < -0.39 is 22.1 Å². The van der Waals surface area contributed by atoms with E-state index in [0.29, 0.717) is 5.01 Å². The summed E-state index contributed by atoms with van der Waals surface area (Å²) in [6.45, 7) is 6.37. The predicted molar refractivity (Wildman–Crippen MR) is 59.4 cm³/mol. The van der Waals surface area contributed by atoms with Crippen LogP contribution in [0.4, 0.5) is 4.79 Å².